The second kappa shape index (κ2) is 8.29. The van der Waals surface area contributed by atoms with Crippen molar-refractivity contribution in [2.24, 2.45) is 0 Å². The third-order valence-corrected chi connectivity index (χ3v) is 6.82. The molecule has 0 aromatic heterocycles. The Labute approximate surface area is 219 Å². The molecule has 0 saturated heterocycles. The maximum absolute atomic E-state index is 3.66. The summed E-state index contributed by atoms with van der Waals surface area (Å²) in [6.45, 7) is 4.26. The van der Waals surface area contributed by atoms with Crippen LogP contribution in [0.25, 0.3) is 21.5 Å². The van der Waals surface area contributed by atoms with Crippen LogP contribution in [0.15, 0.2) is 91.0 Å². The van der Waals surface area contributed by atoms with E-state index < -0.39 is 0 Å². The van der Waals surface area contributed by atoms with Crippen molar-refractivity contribution >= 4 is 55.7 Å². The Morgan fingerprint density at radius 1 is 0.514 bits per heavy atom. The largest absolute Gasteiger partial charge is 0.504 e. The number of benzene rings is 5. The summed E-state index contributed by atoms with van der Waals surface area (Å²) in [5.74, 6) is 0. The Kier molecular flexibility index (Phi) is 5.20. The van der Waals surface area contributed by atoms with Gasteiger partial charge in [0.15, 0.2) is 0 Å². The Balaban J connectivity index is 0.00000229. The van der Waals surface area contributed by atoms with E-state index in [1.165, 1.54) is 44.3 Å². The molecule has 0 spiro atoms. The number of hydrogen-bond acceptors (Lipinski definition) is 4. The topological polar surface area (TPSA) is 13.0 Å². The first kappa shape index (κ1) is 22.0. The van der Waals surface area contributed by atoms with Crippen molar-refractivity contribution in [3.05, 3.63) is 110 Å². The molecule has 0 amide bonds. The van der Waals surface area contributed by atoms with E-state index in [0.29, 0.717) is 0 Å². The van der Waals surface area contributed by atoms with Crippen molar-refractivity contribution < 1.29 is 19.8 Å². The van der Waals surface area contributed by atoms with Crippen LogP contribution in [0.1, 0.15) is 0 Å². The summed E-state index contributed by atoms with van der Waals surface area (Å²) in [7, 11) is 4.19. The van der Waals surface area contributed by atoms with Crippen LogP contribution in [0.3, 0.4) is 0 Å². The molecule has 5 heteroatoms. The van der Waals surface area contributed by atoms with Gasteiger partial charge in [0.2, 0.25) is 0 Å². The molecule has 0 N–H and O–H groups in total. The Bertz CT molecular complexity index is 1580. The van der Waals surface area contributed by atoms with Gasteiger partial charge in [0.05, 0.1) is 0 Å². The number of para-hydroxylation sites is 2. The van der Waals surface area contributed by atoms with Crippen molar-refractivity contribution in [1.82, 2.24) is 0 Å². The predicted octanol–water partition coefficient (Wildman–Crippen LogP) is 7.21. The summed E-state index contributed by atoms with van der Waals surface area (Å²) in [5.41, 5.74) is 6.76. The number of nitrogens with zero attached hydrogens (tertiary/aromatic N) is 4. The molecule has 0 radical (unpaired) electrons. The SMILES string of the molecule is CN1[CH-]N(c2[c-]c(N3[CH-]N(C)c4cc5cc6ccccc6cc5cc43)ccc2)c2ccccc21.[Os]. The molecule has 35 heavy (non-hydrogen) atoms. The zero-order valence-electron chi connectivity index (χ0n) is 19.5. The van der Waals surface area contributed by atoms with Gasteiger partial charge in [-0.2, -0.15) is 19.4 Å². The van der Waals surface area contributed by atoms with Crippen LogP contribution in [-0.4, -0.2) is 14.1 Å². The van der Waals surface area contributed by atoms with Gasteiger partial charge >= 0.3 is 0 Å². The summed E-state index contributed by atoms with van der Waals surface area (Å²) < 4.78 is 0. The monoisotopic (exact) mass is 631 g/mol. The molecule has 174 valence electrons. The Morgan fingerprint density at radius 3 is 1.69 bits per heavy atom. The number of rotatable bonds is 2. The summed E-state index contributed by atoms with van der Waals surface area (Å²) in [6.07, 6.45) is 0. The third kappa shape index (κ3) is 3.46. The van der Waals surface area contributed by atoms with Gasteiger partial charge < -0.3 is 19.6 Å². The standard InChI is InChI=1S/C30H23N4.Os/c1-31-19-33(28-13-6-5-12-27(28)31)25-10-7-11-26(18-25)34-20-32(2)29-16-23-14-21-8-3-4-9-22(21)15-24(23)17-30(29)34;/h3-17,19-20H,1-2H3;/q-3;. The van der Waals surface area contributed by atoms with Gasteiger partial charge in [-0.05, 0) is 72.0 Å². The van der Waals surface area contributed by atoms with Crippen LogP contribution < -0.4 is 19.6 Å². The molecule has 0 saturated carbocycles. The van der Waals surface area contributed by atoms with Crippen LogP contribution in [0.4, 0.5) is 34.1 Å². The van der Waals surface area contributed by atoms with Crippen LogP contribution in [-0.2, 0) is 19.8 Å². The molecule has 4 nitrogen and oxygen atoms in total. The van der Waals surface area contributed by atoms with Crippen LogP contribution in [0, 0.1) is 19.4 Å². The minimum atomic E-state index is 0. The predicted molar refractivity (Wildman–Crippen MR) is 143 cm³/mol. The van der Waals surface area contributed by atoms with E-state index in [1.54, 1.807) is 0 Å². The zero-order chi connectivity index (χ0) is 22.8. The van der Waals surface area contributed by atoms with E-state index in [9.17, 15) is 0 Å². The normalized spacial score (nSPS) is 14.5. The van der Waals surface area contributed by atoms with Crippen LogP contribution in [0.2, 0.25) is 0 Å². The van der Waals surface area contributed by atoms with Crippen LogP contribution in [0.5, 0.6) is 0 Å². The molecule has 2 heterocycles. The first-order valence-electron chi connectivity index (χ1n) is 11.5. The minimum Gasteiger partial charge on any atom is -0.504 e. The van der Waals surface area contributed by atoms with Crippen molar-refractivity contribution in [3.8, 4) is 0 Å². The van der Waals surface area contributed by atoms with Gasteiger partial charge in [0, 0.05) is 42.5 Å². The molecule has 7 rings (SSSR count). The van der Waals surface area contributed by atoms with E-state index in [1.807, 2.05) is 0 Å². The van der Waals surface area contributed by atoms with Crippen molar-refractivity contribution in [1.29, 1.82) is 0 Å². The molecule has 0 aliphatic carbocycles. The summed E-state index contributed by atoms with van der Waals surface area (Å²) in [5, 5.41) is 5.02. The van der Waals surface area contributed by atoms with Gasteiger partial charge in [0.1, 0.15) is 0 Å². The molecule has 5 aromatic rings. The average Bonchev–Trinajstić information content (AvgIpc) is 3.38. The molecular formula is C30H23N4Os-3. The molecule has 0 unspecified atom stereocenters. The fourth-order valence-corrected chi connectivity index (χ4v) is 5.11. The maximum atomic E-state index is 3.66. The summed E-state index contributed by atoms with van der Waals surface area (Å²) in [4.78, 5) is 8.78. The fourth-order valence-electron chi connectivity index (χ4n) is 5.11. The van der Waals surface area contributed by atoms with Crippen molar-refractivity contribution in [2.45, 2.75) is 0 Å². The van der Waals surface area contributed by atoms with E-state index in [2.05, 4.69) is 144 Å². The second-order valence-electron chi connectivity index (χ2n) is 8.99. The Hall–Kier alpha value is -3.54. The van der Waals surface area contributed by atoms with Gasteiger partial charge in [-0.3, -0.25) is 0 Å². The summed E-state index contributed by atoms with van der Waals surface area (Å²) >= 11 is 0. The van der Waals surface area contributed by atoms with Gasteiger partial charge in [-0.25, -0.2) is 0 Å². The molecular weight excluding hydrogens is 607 g/mol. The molecule has 0 bridgehead atoms. The minimum absolute atomic E-state index is 0. The first-order chi connectivity index (χ1) is 16.7. The van der Waals surface area contributed by atoms with Crippen molar-refractivity contribution in [3.63, 3.8) is 0 Å². The number of fused-ring (bicyclic) bond motifs is 4. The summed E-state index contributed by atoms with van der Waals surface area (Å²) in [6, 6.07) is 36.2. The number of anilines is 6. The third-order valence-electron chi connectivity index (χ3n) is 6.82. The van der Waals surface area contributed by atoms with E-state index in [4.69, 9.17) is 0 Å². The van der Waals surface area contributed by atoms with Crippen LogP contribution >= 0.6 is 0 Å². The smallest absolute Gasteiger partial charge is 0.0332 e. The van der Waals surface area contributed by atoms with Gasteiger partial charge in [0.25, 0.3) is 0 Å². The first-order valence-corrected chi connectivity index (χ1v) is 11.5. The van der Waals surface area contributed by atoms with Gasteiger partial charge in [-0.1, -0.05) is 36.4 Å². The van der Waals surface area contributed by atoms with E-state index in [0.717, 1.165) is 11.4 Å². The van der Waals surface area contributed by atoms with Crippen molar-refractivity contribution in [2.75, 3.05) is 33.7 Å². The second-order valence-corrected chi connectivity index (χ2v) is 8.99. The zero-order valence-corrected chi connectivity index (χ0v) is 22.0. The van der Waals surface area contributed by atoms with E-state index in [-0.39, 0.29) is 19.8 Å². The molecule has 2 aliphatic rings. The molecule has 2 aliphatic heterocycles. The molecule has 0 fully saturated rings. The fraction of sp³-hybridized carbons (Fsp3) is 0.0667. The average molecular weight is 630 g/mol. The Morgan fingerprint density at radius 2 is 1.03 bits per heavy atom. The molecule has 5 aromatic carbocycles. The molecule has 0 atom stereocenters. The number of hydrogen-bond donors (Lipinski definition) is 0. The van der Waals surface area contributed by atoms with E-state index >= 15 is 0 Å². The maximum Gasteiger partial charge on any atom is 0.0332 e. The van der Waals surface area contributed by atoms with Gasteiger partial charge in [-0.15, -0.1) is 29.6 Å². The quantitative estimate of drug-likeness (QED) is 0.151.